The zero-order valence-corrected chi connectivity index (χ0v) is 27.3. The average molecular weight is 664 g/mol. The molecule has 2 N–H and O–H groups in total. The van der Waals surface area contributed by atoms with Gasteiger partial charge in [-0.05, 0) is 105 Å². The minimum atomic E-state index is -4.62. The average Bonchev–Trinajstić information content (AvgIpc) is 3.22. The van der Waals surface area contributed by atoms with Crippen molar-refractivity contribution in [1.82, 2.24) is 0 Å². The van der Waals surface area contributed by atoms with Crippen molar-refractivity contribution in [2.24, 2.45) is 0 Å². The summed E-state index contributed by atoms with van der Waals surface area (Å²) in [7, 11) is -9.20. The van der Waals surface area contributed by atoms with Crippen molar-refractivity contribution in [3.63, 3.8) is 0 Å². The molecule has 1 aliphatic carbocycles. The fraction of sp³-hybridized carbons (Fsp3) is 0.265. The van der Waals surface area contributed by atoms with Crippen LogP contribution in [0, 0.1) is 0 Å². The zero-order valence-electron chi connectivity index (χ0n) is 25.6. The Labute approximate surface area is 268 Å². The van der Waals surface area contributed by atoms with E-state index in [0.717, 1.165) is 64.3 Å². The molecule has 0 unspecified atom stereocenters. The lowest BCUT2D eigenvalue weighted by Gasteiger charge is -2.27. The van der Waals surface area contributed by atoms with Gasteiger partial charge >= 0.3 is 7.82 Å². The van der Waals surface area contributed by atoms with Crippen molar-refractivity contribution in [2.75, 3.05) is 6.54 Å². The predicted octanol–water partition coefficient (Wildman–Crippen LogP) is 6.51. The monoisotopic (exact) mass is 663 g/mol. The van der Waals surface area contributed by atoms with E-state index < -0.39 is 23.4 Å². The third-order valence-electron chi connectivity index (χ3n) is 8.47. The van der Waals surface area contributed by atoms with Crippen LogP contribution in [0.15, 0.2) is 94.6 Å². The summed E-state index contributed by atoms with van der Waals surface area (Å²) in [6, 6.07) is 16.6. The highest BCUT2D eigenvalue weighted by Crippen LogP contribution is 2.43. The Kier molecular flexibility index (Phi) is 8.33. The number of ether oxygens (including phenoxy) is 2. The molecular formula is C34H34NO9PS. The van der Waals surface area contributed by atoms with Gasteiger partial charge in [0, 0.05) is 29.3 Å². The van der Waals surface area contributed by atoms with Gasteiger partial charge in [-0.1, -0.05) is 12.1 Å². The Morgan fingerprint density at radius 1 is 1.02 bits per heavy atom. The van der Waals surface area contributed by atoms with Gasteiger partial charge in [0.25, 0.3) is 0 Å². The molecule has 0 saturated carbocycles. The van der Waals surface area contributed by atoms with Gasteiger partial charge in [0.1, 0.15) is 46.3 Å². The highest BCUT2D eigenvalue weighted by atomic mass is 32.2. The van der Waals surface area contributed by atoms with E-state index in [1.807, 2.05) is 39.0 Å². The molecule has 46 heavy (non-hydrogen) atoms. The zero-order chi connectivity index (χ0) is 32.9. The summed E-state index contributed by atoms with van der Waals surface area (Å²) in [5.74, 6) is 2.18. The summed E-state index contributed by atoms with van der Waals surface area (Å²) < 4.78 is 65.5. The molecule has 2 aliphatic heterocycles. The van der Waals surface area contributed by atoms with Crippen LogP contribution in [0.25, 0.3) is 6.08 Å². The maximum absolute atomic E-state index is 11.8. The van der Waals surface area contributed by atoms with Crippen molar-refractivity contribution < 1.29 is 45.9 Å². The predicted molar refractivity (Wildman–Crippen MR) is 171 cm³/mol. The van der Waals surface area contributed by atoms with Crippen LogP contribution >= 0.6 is 7.82 Å². The van der Waals surface area contributed by atoms with E-state index in [1.54, 1.807) is 18.2 Å². The Morgan fingerprint density at radius 3 is 2.46 bits per heavy atom. The summed E-state index contributed by atoms with van der Waals surface area (Å²) >= 11 is 0. The molecule has 0 aromatic heterocycles. The van der Waals surface area contributed by atoms with Gasteiger partial charge in [0.15, 0.2) is 5.71 Å². The summed E-state index contributed by atoms with van der Waals surface area (Å²) in [4.78, 5) is 17.7. The van der Waals surface area contributed by atoms with Crippen LogP contribution in [0.5, 0.6) is 17.2 Å². The standard InChI is InChI=1S/C34H34NO9PS/c1-4-35-30-16-15-28(46(39,40)41)20-29(30)34(2,3)32(35)17-11-23-6-5-7-25-18-24-10-14-27(19-31(24)43-33(23)25)42-21-22-8-12-26(13-9-22)44-45(36,37)38/h8-20H,4-7,21H2,1-3H3,(H2-,36,37,38,39,40,41). The Hall–Kier alpha value is -3.99. The fourth-order valence-corrected chi connectivity index (χ4v) is 7.11. The van der Waals surface area contributed by atoms with E-state index >= 15 is 0 Å². The lowest BCUT2D eigenvalue weighted by Crippen LogP contribution is -2.27. The quantitative estimate of drug-likeness (QED) is 0.149. The van der Waals surface area contributed by atoms with Gasteiger partial charge in [-0.3, -0.25) is 9.79 Å². The van der Waals surface area contributed by atoms with Crippen molar-refractivity contribution in [3.05, 3.63) is 106 Å². The first-order valence-electron chi connectivity index (χ1n) is 14.9. The molecule has 3 aromatic carbocycles. The topological polar surface area (TPSA) is 145 Å². The fourth-order valence-electron chi connectivity index (χ4n) is 6.22. The van der Waals surface area contributed by atoms with Crippen molar-refractivity contribution in [2.45, 2.75) is 57.0 Å². The molecule has 0 bridgehead atoms. The molecule has 0 fully saturated rings. The summed E-state index contributed by atoms with van der Waals surface area (Å²) in [5.41, 5.74) is 6.10. The first-order chi connectivity index (χ1) is 21.7. The third-order valence-corrected chi connectivity index (χ3v) is 9.75. The van der Waals surface area contributed by atoms with Gasteiger partial charge < -0.3 is 18.6 Å². The van der Waals surface area contributed by atoms with Crippen molar-refractivity contribution in [3.8, 4) is 17.2 Å². The van der Waals surface area contributed by atoms with E-state index in [1.165, 1.54) is 24.3 Å². The number of rotatable bonds is 9. The minimum absolute atomic E-state index is 0.0677. The number of phosphoric ester groups is 1. The molecule has 6 rings (SSSR count). The molecule has 0 spiro atoms. The number of benzene rings is 3. The maximum atomic E-state index is 11.8. The van der Waals surface area contributed by atoms with Crippen LogP contribution in [-0.4, -0.2) is 39.6 Å². The van der Waals surface area contributed by atoms with Gasteiger partial charge in [0.2, 0.25) is 5.69 Å². The van der Waals surface area contributed by atoms with Crippen LogP contribution < -0.4 is 14.0 Å². The Morgan fingerprint density at radius 2 is 1.76 bits per heavy atom. The third kappa shape index (κ3) is 6.47. The summed E-state index contributed by atoms with van der Waals surface area (Å²) in [6.45, 7) is 7.02. The number of fused-ring (bicyclic) bond motifs is 3. The molecule has 2 heterocycles. The van der Waals surface area contributed by atoms with E-state index in [-0.39, 0.29) is 17.3 Å². The van der Waals surface area contributed by atoms with Crippen LogP contribution in [0.4, 0.5) is 5.69 Å². The molecule has 0 radical (unpaired) electrons. The molecule has 10 nitrogen and oxygen atoms in total. The van der Waals surface area contributed by atoms with Gasteiger partial charge in [-0.15, -0.1) is 0 Å². The first kappa shape index (κ1) is 32.0. The van der Waals surface area contributed by atoms with Gasteiger partial charge in [-0.25, -0.2) is 13.0 Å². The Balaban J connectivity index is 1.23. The van der Waals surface area contributed by atoms with E-state index in [4.69, 9.17) is 19.3 Å². The second-order valence-corrected chi connectivity index (χ2v) is 14.5. The second-order valence-electron chi connectivity index (χ2n) is 11.9. The lowest BCUT2D eigenvalue weighted by molar-refractivity contribution is -0.433. The number of phosphoric acid groups is 1. The van der Waals surface area contributed by atoms with E-state index in [2.05, 4.69) is 27.3 Å². The molecule has 12 heteroatoms. The molecule has 3 aromatic rings. The van der Waals surface area contributed by atoms with Gasteiger partial charge in [-0.2, -0.15) is 4.58 Å². The number of allylic oxidation sites excluding steroid dienone is 4. The van der Waals surface area contributed by atoms with Crippen LogP contribution in [0.2, 0.25) is 0 Å². The number of hydrogen-bond donors (Lipinski definition) is 2. The largest absolute Gasteiger partial charge is 0.744 e. The molecule has 0 saturated heterocycles. The molecule has 240 valence electrons. The highest BCUT2D eigenvalue weighted by Gasteiger charge is 2.44. The van der Waals surface area contributed by atoms with Crippen LogP contribution in [0.3, 0.4) is 0 Å². The van der Waals surface area contributed by atoms with E-state index in [9.17, 15) is 17.5 Å². The molecular weight excluding hydrogens is 629 g/mol. The van der Waals surface area contributed by atoms with Gasteiger partial charge in [0.05, 0.1) is 10.3 Å². The molecule has 3 aliphatic rings. The second kappa shape index (κ2) is 12.0. The smallest absolute Gasteiger partial charge is 0.524 e. The highest BCUT2D eigenvalue weighted by molar-refractivity contribution is 7.85. The Bertz CT molecular complexity index is 2000. The summed E-state index contributed by atoms with van der Waals surface area (Å²) in [6.07, 6.45) is 9.03. The molecule has 0 atom stereocenters. The summed E-state index contributed by atoms with van der Waals surface area (Å²) in [5, 5.41) is 0. The minimum Gasteiger partial charge on any atom is -0.744 e. The lowest BCUT2D eigenvalue weighted by atomic mass is 9.81. The SMILES string of the molecule is CC[N+]1=C(C=CC2=C3Oc4cc(OCc5ccc(OP(=O)(O)O)cc5)ccc4C=C3CCC2)C(C)(C)c2cc(S(=O)(=O)[O-])ccc21. The van der Waals surface area contributed by atoms with Crippen LogP contribution in [0.1, 0.15) is 56.7 Å². The number of hydrogen-bond acceptors (Lipinski definition) is 7. The molecule has 0 amide bonds. The van der Waals surface area contributed by atoms with Crippen LogP contribution in [-0.2, 0) is 26.7 Å². The normalized spacial score (nSPS) is 17.3. The van der Waals surface area contributed by atoms with E-state index in [0.29, 0.717) is 18.0 Å². The number of nitrogens with zero attached hydrogens (tertiary/aromatic N) is 1. The van der Waals surface area contributed by atoms with Crippen molar-refractivity contribution >= 4 is 35.4 Å². The van der Waals surface area contributed by atoms with Crippen molar-refractivity contribution in [1.29, 1.82) is 0 Å². The first-order valence-corrected chi connectivity index (χ1v) is 17.8. The maximum Gasteiger partial charge on any atom is 0.524 e.